The number of hydrogen-bond donors (Lipinski definition) is 2. The smallest absolute Gasteiger partial charge is 0.246 e. The third kappa shape index (κ3) is 5.33. The second kappa shape index (κ2) is 9.71. The molecule has 3 rings (SSSR count). The molecule has 2 N–H and O–H groups in total. The van der Waals surface area contributed by atoms with Crippen molar-refractivity contribution in [3.63, 3.8) is 0 Å². The van der Waals surface area contributed by atoms with Crippen LogP contribution in [0.3, 0.4) is 0 Å². The van der Waals surface area contributed by atoms with Crippen LogP contribution in [0.4, 0.5) is 5.69 Å². The number of halogens is 2. The van der Waals surface area contributed by atoms with Gasteiger partial charge in [0.1, 0.15) is 12.6 Å². The third-order valence-electron chi connectivity index (χ3n) is 4.11. The van der Waals surface area contributed by atoms with Crippen LogP contribution in [0, 0.1) is 0 Å². The first-order valence-electron chi connectivity index (χ1n) is 8.16. The van der Waals surface area contributed by atoms with Gasteiger partial charge in [-0.15, -0.1) is 35.3 Å². The molecule has 2 aromatic rings. The molecule has 0 aromatic carbocycles. The summed E-state index contributed by atoms with van der Waals surface area (Å²) in [6.07, 6.45) is 2.82. The molecular weight excluding hydrogens is 503 g/mol. The fourth-order valence-corrected chi connectivity index (χ4v) is 3.85. The number of aryl methyl sites for hydroxylation is 1. The predicted molar refractivity (Wildman–Crippen MR) is 118 cm³/mol. The minimum atomic E-state index is -0.684. The Balaban J connectivity index is 0.00000261. The number of carbonyl (C=O) groups excluding carboxylic acids is 1. The quantitative estimate of drug-likeness (QED) is 0.361. The summed E-state index contributed by atoms with van der Waals surface area (Å²) >= 11 is 7.25. The highest BCUT2D eigenvalue weighted by molar-refractivity contribution is 14.0. The minimum Gasteiger partial charge on any atom is -0.386 e. The first-order valence-corrected chi connectivity index (χ1v) is 9.35. The normalized spacial score (nSPS) is 16.3. The van der Waals surface area contributed by atoms with Crippen molar-refractivity contribution in [3.05, 3.63) is 33.7 Å². The number of aliphatic hydroxyl groups excluding tert-OH is 1. The molecule has 1 amide bonds. The van der Waals surface area contributed by atoms with E-state index in [1.54, 1.807) is 35.0 Å². The Morgan fingerprint density at radius 1 is 1.48 bits per heavy atom. The number of aliphatic hydroxyl groups is 1. The van der Waals surface area contributed by atoms with E-state index in [-0.39, 0.29) is 36.4 Å². The lowest BCUT2D eigenvalue weighted by Crippen LogP contribution is -2.55. The molecule has 1 aliphatic heterocycles. The summed E-state index contributed by atoms with van der Waals surface area (Å²) in [5, 5.41) is 17.5. The van der Waals surface area contributed by atoms with Crippen LogP contribution in [0.15, 0.2) is 29.5 Å². The number of hydrogen-bond acceptors (Lipinski definition) is 5. The number of aromatic nitrogens is 2. The molecule has 11 heteroatoms. The van der Waals surface area contributed by atoms with Gasteiger partial charge in [0.15, 0.2) is 5.96 Å². The van der Waals surface area contributed by atoms with Crippen LogP contribution >= 0.6 is 46.9 Å². The maximum absolute atomic E-state index is 12.5. The largest absolute Gasteiger partial charge is 0.386 e. The number of rotatable bonds is 4. The van der Waals surface area contributed by atoms with E-state index in [0.717, 1.165) is 10.6 Å². The molecule has 3 heterocycles. The summed E-state index contributed by atoms with van der Waals surface area (Å²) in [4.78, 5) is 21.1. The minimum absolute atomic E-state index is 0. The van der Waals surface area contributed by atoms with Crippen LogP contribution in [-0.2, 0) is 11.8 Å². The van der Waals surface area contributed by atoms with Crippen LogP contribution in [-0.4, -0.2) is 64.9 Å². The van der Waals surface area contributed by atoms with Gasteiger partial charge in [-0.25, -0.2) is 0 Å². The lowest BCUT2D eigenvalue weighted by atomic mass is 10.3. The molecule has 148 valence electrons. The van der Waals surface area contributed by atoms with E-state index in [0.29, 0.717) is 29.9 Å². The monoisotopic (exact) mass is 524 g/mol. The molecule has 1 aliphatic rings. The average Bonchev–Trinajstić information content (AvgIpc) is 3.24. The maximum Gasteiger partial charge on any atom is 0.246 e. The highest BCUT2D eigenvalue weighted by atomic mass is 127. The van der Waals surface area contributed by atoms with Gasteiger partial charge in [0, 0.05) is 44.8 Å². The van der Waals surface area contributed by atoms with E-state index >= 15 is 0 Å². The Morgan fingerprint density at radius 2 is 2.26 bits per heavy atom. The van der Waals surface area contributed by atoms with Gasteiger partial charge in [-0.05, 0) is 12.1 Å². The molecule has 0 saturated carbocycles. The van der Waals surface area contributed by atoms with E-state index < -0.39 is 6.10 Å². The van der Waals surface area contributed by atoms with Crippen LogP contribution in [0.2, 0.25) is 4.34 Å². The fraction of sp³-hybridized carbons (Fsp3) is 0.438. The molecule has 1 fully saturated rings. The van der Waals surface area contributed by atoms with E-state index in [1.165, 1.54) is 11.3 Å². The van der Waals surface area contributed by atoms with Crippen LogP contribution in [0.1, 0.15) is 11.0 Å². The van der Waals surface area contributed by atoms with Gasteiger partial charge in [0.2, 0.25) is 5.91 Å². The summed E-state index contributed by atoms with van der Waals surface area (Å²) in [6.45, 7) is 1.70. The van der Waals surface area contributed by atoms with E-state index in [4.69, 9.17) is 11.6 Å². The molecule has 1 saturated heterocycles. The van der Waals surface area contributed by atoms with Crippen molar-refractivity contribution < 1.29 is 9.90 Å². The molecule has 0 spiro atoms. The lowest BCUT2D eigenvalue weighted by molar-refractivity contribution is -0.120. The zero-order valence-corrected chi connectivity index (χ0v) is 18.9. The number of carbonyl (C=O) groups is 1. The Labute approximate surface area is 183 Å². The van der Waals surface area contributed by atoms with Crippen molar-refractivity contribution in [2.24, 2.45) is 12.0 Å². The van der Waals surface area contributed by atoms with Gasteiger partial charge in [0.05, 0.1) is 16.2 Å². The second-order valence-electron chi connectivity index (χ2n) is 5.92. The van der Waals surface area contributed by atoms with Gasteiger partial charge < -0.3 is 20.2 Å². The first-order chi connectivity index (χ1) is 12.5. The van der Waals surface area contributed by atoms with Gasteiger partial charge in [-0.1, -0.05) is 11.6 Å². The second-order valence-corrected chi connectivity index (χ2v) is 7.67. The van der Waals surface area contributed by atoms with Gasteiger partial charge in [-0.2, -0.15) is 5.10 Å². The molecule has 8 nitrogen and oxygen atoms in total. The molecule has 0 aliphatic carbocycles. The Bertz CT molecular complexity index is 810. The summed E-state index contributed by atoms with van der Waals surface area (Å²) < 4.78 is 2.31. The molecule has 1 unspecified atom stereocenters. The molecule has 0 radical (unpaired) electrons. The fourth-order valence-electron chi connectivity index (χ4n) is 2.80. The summed E-state index contributed by atoms with van der Waals surface area (Å²) in [7, 11) is 3.48. The molecule has 27 heavy (non-hydrogen) atoms. The van der Waals surface area contributed by atoms with Gasteiger partial charge in [-0.3, -0.25) is 14.5 Å². The van der Waals surface area contributed by atoms with Crippen molar-refractivity contribution in [1.29, 1.82) is 0 Å². The Morgan fingerprint density at radius 3 is 2.81 bits per heavy atom. The number of guanidine groups is 1. The zero-order valence-electron chi connectivity index (χ0n) is 15.0. The van der Waals surface area contributed by atoms with Crippen molar-refractivity contribution in [2.45, 2.75) is 6.10 Å². The van der Waals surface area contributed by atoms with Crippen molar-refractivity contribution in [1.82, 2.24) is 20.0 Å². The maximum atomic E-state index is 12.5. The van der Waals surface area contributed by atoms with Crippen LogP contribution < -0.4 is 10.2 Å². The van der Waals surface area contributed by atoms with Crippen molar-refractivity contribution in [3.8, 4) is 0 Å². The van der Waals surface area contributed by atoms with Gasteiger partial charge >= 0.3 is 0 Å². The average molecular weight is 525 g/mol. The van der Waals surface area contributed by atoms with Gasteiger partial charge in [0.25, 0.3) is 0 Å². The first kappa shape index (κ1) is 21.9. The predicted octanol–water partition coefficient (Wildman–Crippen LogP) is 1.71. The highest BCUT2D eigenvalue weighted by Gasteiger charge is 2.27. The van der Waals surface area contributed by atoms with Crippen molar-refractivity contribution in [2.75, 3.05) is 38.1 Å². The van der Waals surface area contributed by atoms with Crippen LogP contribution in [0.5, 0.6) is 0 Å². The molecule has 1 atom stereocenters. The topological polar surface area (TPSA) is 86.0 Å². The van der Waals surface area contributed by atoms with E-state index in [9.17, 15) is 9.90 Å². The summed E-state index contributed by atoms with van der Waals surface area (Å²) in [5.41, 5.74) is 0.796. The number of anilines is 1. The zero-order chi connectivity index (χ0) is 18.7. The number of aliphatic imine (C=N–C) groups is 1. The van der Waals surface area contributed by atoms with E-state index in [1.807, 2.05) is 18.1 Å². The third-order valence-corrected chi connectivity index (χ3v) is 5.44. The number of nitrogens with one attached hydrogen (secondary N) is 1. The molecule has 0 bridgehead atoms. The standard InChI is InChI=1S/C16H21ClN6O2S.HI/c1-18-16(19-8-12(24)13-3-4-14(17)26-13)22-5-6-23(15(25)10-22)11-7-20-21(2)9-11;/h3-4,7,9,12,24H,5-6,8,10H2,1-2H3,(H,18,19);1H. The lowest BCUT2D eigenvalue weighted by Gasteiger charge is -2.35. The van der Waals surface area contributed by atoms with Crippen molar-refractivity contribution >= 4 is 64.5 Å². The number of nitrogens with zero attached hydrogens (tertiary/aromatic N) is 5. The number of thiophene rings is 1. The summed E-state index contributed by atoms with van der Waals surface area (Å²) in [6, 6.07) is 3.56. The molecular formula is C16H22ClIN6O2S. The number of amides is 1. The molecule has 2 aromatic heterocycles. The SMILES string of the molecule is CN=C(NCC(O)c1ccc(Cl)s1)N1CCN(c2cnn(C)c2)C(=O)C1.I. The highest BCUT2D eigenvalue weighted by Crippen LogP contribution is 2.26. The van der Waals surface area contributed by atoms with Crippen LogP contribution in [0.25, 0.3) is 0 Å². The number of piperazine rings is 1. The summed E-state index contributed by atoms with van der Waals surface area (Å²) in [5.74, 6) is 0.573. The Hall–Kier alpha value is -1.37. The van der Waals surface area contributed by atoms with E-state index in [2.05, 4.69) is 15.4 Å². The Kier molecular flexibility index (Phi) is 7.89.